The smallest absolute Gasteiger partial charge is 0.250 e. The van der Waals surface area contributed by atoms with Crippen LogP contribution in [0.3, 0.4) is 0 Å². The zero-order chi connectivity index (χ0) is 28.1. The minimum atomic E-state index is -1.19. The third-order valence-electron chi connectivity index (χ3n) is 8.55. The van der Waals surface area contributed by atoms with Crippen LogP contribution in [-0.2, 0) is 25.7 Å². The second kappa shape index (κ2) is 10.7. The van der Waals surface area contributed by atoms with E-state index in [1.54, 1.807) is 0 Å². The Labute approximate surface area is 237 Å². The summed E-state index contributed by atoms with van der Waals surface area (Å²) in [6.07, 6.45) is -0.131. The molecule has 0 saturated carbocycles. The molecule has 3 amide bonds. The number of hydrogen-bond acceptors (Lipinski definition) is 5. The van der Waals surface area contributed by atoms with Gasteiger partial charge in [0.25, 0.3) is 0 Å². The Bertz CT molecular complexity index is 1270. The number of fused-ring (bicyclic) bond motifs is 1. The van der Waals surface area contributed by atoms with E-state index in [0.29, 0.717) is 18.7 Å². The van der Waals surface area contributed by atoms with E-state index < -0.39 is 35.6 Å². The molecule has 3 aliphatic heterocycles. The molecule has 5 rings (SSSR count). The van der Waals surface area contributed by atoms with Gasteiger partial charge in [0.05, 0.1) is 30.6 Å². The van der Waals surface area contributed by atoms with Gasteiger partial charge in [-0.15, -0.1) is 0 Å². The molecule has 3 fully saturated rings. The van der Waals surface area contributed by atoms with Crippen molar-refractivity contribution in [1.82, 2.24) is 10.2 Å². The average molecular weight is 599 g/mol. The molecule has 3 unspecified atom stereocenters. The van der Waals surface area contributed by atoms with Crippen LogP contribution < -0.4 is 10.6 Å². The van der Waals surface area contributed by atoms with Crippen LogP contribution in [0.2, 0.25) is 0 Å². The molecule has 2 bridgehead atoms. The summed E-state index contributed by atoms with van der Waals surface area (Å²) in [5.41, 5.74) is 2.32. The summed E-state index contributed by atoms with van der Waals surface area (Å²) in [4.78, 5) is 43.3. The van der Waals surface area contributed by atoms with Crippen LogP contribution >= 0.6 is 15.9 Å². The van der Waals surface area contributed by atoms with E-state index in [1.165, 1.54) is 4.90 Å². The number of anilines is 1. The fourth-order valence-electron chi connectivity index (χ4n) is 6.62. The number of nitrogens with one attached hydrogen (secondary N) is 2. The van der Waals surface area contributed by atoms with Gasteiger partial charge in [0.2, 0.25) is 17.7 Å². The number of nitrogens with zero attached hydrogens (tertiary/aromatic N) is 1. The van der Waals surface area contributed by atoms with Crippen LogP contribution in [0.5, 0.6) is 0 Å². The van der Waals surface area contributed by atoms with Crippen molar-refractivity contribution < 1.29 is 24.2 Å². The van der Waals surface area contributed by atoms with E-state index >= 15 is 0 Å². The van der Waals surface area contributed by atoms with Crippen LogP contribution in [0.25, 0.3) is 0 Å². The number of aryl methyl sites for hydroxylation is 2. The fraction of sp³-hybridized carbons (Fsp3) is 0.500. The Morgan fingerprint density at radius 2 is 1.87 bits per heavy atom. The van der Waals surface area contributed by atoms with Crippen molar-refractivity contribution in [1.29, 1.82) is 0 Å². The molecule has 2 aromatic rings. The number of aliphatic hydroxyl groups is 1. The first-order valence-corrected chi connectivity index (χ1v) is 14.4. The SMILES string of the molecule is Cc1ccc(C)c(NC(=O)C2N([C@@H](CO)C(C)C)C(=O)[C@@H]3[C@H](C(=O)NCc4ccccc4)[C@H]4OC23CC4Br)c1. The highest BCUT2D eigenvalue weighted by atomic mass is 79.9. The highest BCUT2D eigenvalue weighted by molar-refractivity contribution is 9.09. The molecule has 0 radical (unpaired) electrons. The molecular weight excluding hydrogens is 562 g/mol. The van der Waals surface area contributed by atoms with Crippen LogP contribution in [0.4, 0.5) is 5.69 Å². The Kier molecular flexibility index (Phi) is 7.61. The number of aliphatic hydroxyl groups excluding tert-OH is 1. The lowest BCUT2D eigenvalue weighted by Gasteiger charge is -2.38. The van der Waals surface area contributed by atoms with E-state index in [2.05, 4.69) is 26.6 Å². The largest absolute Gasteiger partial charge is 0.394 e. The minimum absolute atomic E-state index is 0.118. The first-order chi connectivity index (χ1) is 18.6. The van der Waals surface area contributed by atoms with Crippen molar-refractivity contribution in [3.05, 3.63) is 65.2 Å². The predicted molar refractivity (Wildman–Crippen MR) is 151 cm³/mol. The quantitative estimate of drug-likeness (QED) is 0.405. The first kappa shape index (κ1) is 27.8. The summed E-state index contributed by atoms with van der Waals surface area (Å²) in [7, 11) is 0. The molecule has 3 N–H and O–H groups in total. The highest BCUT2D eigenvalue weighted by Gasteiger charge is 2.77. The van der Waals surface area contributed by atoms with Gasteiger partial charge in [-0.3, -0.25) is 14.4 Å². The van der Waals surface area contributed by atoms with Crippen molar-refractivity contribution >= 4 is 39.3 Å². The molecule has 39 heavy (non-hydrogen) atoms. The molecule has 208 valence electrons. The van der Waals surface area contributed by atoms with Gasteiger partial charge in [-0.1, -0.05) is 72.2 Å². The third kappa shape index (κ3) is 4.68. The van der Waals surface area contributed by atoms with Gasteiger partial charge in [0, 0.05) is 17.1 Å². The normalized spacial score (nSPS) is 30.0. The van der Waals surface area contributed by atoms with E-state index in [1.807, 2.05) is 76.2 Å². The van der Waals surface area contributed by atoms with E-state index in [0.717, 1.165) is 16.7 Å². The lowest BCUT2D eigenvalue weighted by atomic mass is 9.70. The highest BCUT2D eigenvalue weighted by Crippen LogP contribution is 2.60. The average Bonchev–Trinajstić information content (AvgIpc) is 3.49. The van der Waals surface area contributed by atoms with Gasteiger partial charge >= 0.3 is 0 Å². The van der Waals surface area contributed by atoms with Crippen molar-refractivity contribution in [3.8, 4) is 0 Å². The van der Waals surface area contributed by atoms with Crippen molar-refractivity contribution in [2.75, 3.05) is 11.9 Å². The van der Waals surface area contributed by atoms with Crippen LogP contribution in [0.1, 0.15) is 37.0 Å². The summed E-state index contributed by atoms with van der Waals surface area (Å²) >= 11 is 3.70. The minimum Gasteiger partial charge on any atom is -0.394 e. The number of alkyl halides is 1. The zero-order valence-corrected chi connectivity index (χ0v) is 24.3. The maximum Gasteiger partial charge on any atom is 0.250 e. The lowest BCUT2D eigenvalue weighted by molar-refractivity contribution is -0.145. The summed E-state index contributed by atoms with van der Waals surface area (Å²) in [5, 5.41) is 16.4. The zero-order valence-electron chi connectivity index (χ0n) is 22.7. The molecular formula is C30H36BrN3O5. The number of halogens is 1. The van der Waals surface area contributed by atoms with Gasteiger partial charge in [-0.25, -0.2) is 0 Å². The standard InChI is InChI=1S/C30H36BrN3O5/c1-16(2)22(15-35)34-26(28(37)33-21-12-17(3)10-11-18(21)4)30-13-20(31)25(39-30)23(24(30)29(34)38)27(36)32-14-19-8-6-5-7-9-19/h5-12,16,20,22-26,35H,13-15H2,1-4H3,(H,32,36)(H,33,37)/t20?,22-,23-,24-,25-,26?,30?/m0/s1. The Morgan fingerprint density at radius 3 is 2.54 bits per heavy atom. The number of carbonyl (C=O) groups excluding carboxylic acids is 3. The van der Waals surface area contributed by atoms with Crippen molar-refractivity contribution in [3.63, 3.8) is 0 Å². The molecule has 2 aromatic carbocycles. The number of benzene rings is 2. The van der Waals surface area contributed by atoms with E-state index in [4.69, 9.17) is 4.74 Å². The molecule has 9 heteroatoms. The van der Waals surface area contributed by atoms with Crippen molar-refractivity contribution in [2.24, 2.45) is 17.8 Å². The van der Waals surface area contributed by atoms with E-state index in [-0.39, 0.29) is 35.1 Å². The molecule has 0 aliphatic carbocycles. The molecule has 8 nitrogen and oxygen atoms in total. The molecule has 0 aromatic heterocycles. The van der Waals surface area contributed by atoms with Gasteiger partial charge in [0.15, 0.2) is 0 Å². The van der Waals surface area contributed by atoms with Crippen molar-refractivity contribution in [2.45, 2.75) is 69.3 Å². The van der Waals surface area contributed by atoms with E-state index in [9.17, 15) is 19.5 Å². The Balaban J connectivity index is 1.51. The van der Waals surface area contributed by atoms with Gasteiger partial charge < -0.3 is 25.4 Å². The number of likely N-dealkylation sites (tertiary alicyclic amines) is 1. The summed E-state index contributed by atoms with van der Waals surface area (Å²) < 4.78 is 6.57. The molecule has 3 aliphatic rings. The lowest BCUT2D eigenvalue weighted by Crippen LogP contribution is -2.57. The van der Waals surface area contributed by atoms with Gasteiger partial charge in [-0.2, -0.15) is 0 Å². The van der Waals surface area contributed by atoms with Crippen LogP contribution in [-0.4, -0.2) is 63.0 Å². The molecule has 1 spiro atoms. The maximum atomic E-state index is 14.2. The third-order valence-corrected chi connectivity index (χ3v) is 9.40. The molecule has 7 atom stereocenters. The summed E-state index contributed by atoms with van der Waals surface area (Å²) in [6, 6.07) is 13.8. The predicted octanol–water partition coefficient (Wildman–Crippen LogP) is 3.32. The fourth-order valence-corrected chi connectivity index (χ4v) is 7.56. The summed E-state index contributed by atoms with van der Waals surface area (Å²) in [6.45, 7) is 7.72. The van der Waals surface area contributed by atoms with Gasteiger partial charge in [0.1, 0.15) is 11.6 Å². The topological polar surface area (TPSA) is 108 Å². The number of ether oxygens (including phenoxy) is 1. The maximum absolute atomic E-state index is 14.2. The number of carbonyl (C=O) groups is 3. The Morgan fingerprint density at radius 1 is 1.15 bits per heavy atom. The number of rotatable bonds is 8. The van der Waals surface area contributed by atoms with Gasteiger partial charge in [-0.05, 0) is 48.9 Å². The van der Waals surface area contributed by atoms with Crippen LogP contribution in [0, 0.1) is 31.6 Å². The number of amides is 3. The molecule has 3 saturated heterocycles. The summed E-state index contributed by atoms with van der Waals surface area (Å²) in [5.74, 6) is -2.66. The second-order valence-electron chi connectivity index (χ2n) is 11.4. The monoisotopic (exact) mass is 597 g/mol. The Hall–Kier alpha value is -2.75. The second-order valence-corrected chi connectivity index (χ2v) is 12.6. The first-order valence-electron chi connectivity index (χ1n) is 13.5. The molecule has 3 heterocycles. The number of hydrogen-bond donors (Lipinski definition) is 3. The van der Waals surface area contributed by atoms with Crippen LogP contribution in [0.15, 0.2) is 48.5 Å².